The van der Waals surface area contributed by atoms with Crippen LogP contribution in [0.3, 0.4) is 0 Å². The molecule has 3 heteroatoms. The van der Waals surface area contributed by atoms with Crippen molar-refractivity contribution < 1.29 is 9.52 Å². The van der Waals surface area contributed by atoms with Crippen molar-refractivity contribution >= 4 is 0 Å². The van der Waals surface area contributed by atoms with E-state index in [1.54, 1.807) is 6.26 Å². The lowest BCUT2D eigenvalue weighted by Crippen LogP contribution is -2.41. The fraction of sp³-hybridized carbons (Fsp3) is 0.692. The molecular weight excluding hydrogens is 202 g/mol. The first kappa shape index (κ1) is 11.7. The van der Waals surface area contributed by atoms with Crippen LogP contribution in [0.5, 0.6) is 0 Å². The molecule has 1 aromatic rings. The monoisotopic (exact) mass is 223 g/mol. The zero-order valence-corrected chi connectivity index (χ0v) is 9.98. The topological polar surface area (TPSA) is 36.6 Å². The van der Waals surface area contributed by atoms with Gasteiger partial charge >= 0.3 is 0 Å². The van der Waals surface area contributed by atoms with Gasteiger partial charge in [0.15, 0.2) is 0 Å². The van der Waals surface area contributed by atoms with E-state index >= 15 is 0 Å². The van der Waals surface area contributed by atoms with Crippen molar-refractivity contribution in [3.63, 3.8) is 0 Å². The van der Waals surface area contributed by atoms with Crippen LogP contribution in [0.4, 0.5) is 0 Å². The average molecular weight is 223 g/mol. The van der Waals surface area contributed by atoms with Crippen LogP contribution in [0.25, 0.3) is 0 Å². The molecule has 1 N–H and O–H groups in total. The molecule has 0 saturated carbocycles. The summed E-state index contributed by atoms with van der Waals surface area (Å²) in [6.07, 6.45) is 6.84. The summed E-state index contributed by atoms with van der Waals surface area (Å²) in [5.74, 6) is 0. The number of nitrogens with zero attached hydrogens (tertiary/aromatic N) is 1. The van der Waals surface area contributed by atoms with Crippen LogP contribution in [-0.4, -0.2) is 29.7 Å². The second-order valence-electron chi connectivity index (χ2n) is 4.92. The predicted octanol–water partition coefficient (Wildman–Crippen LogP) is 2.26. The largest absolute Gasteiger partial charge is 0.472 e. The fourth-order valence-corrected chi connectivity index (χ4v) is 2.45. The van der Waals surface area contributed by atoms with E-state index in [-0.39, 0.29) is 5.41 Å². The lowest BCUT2D eigenvalue weighted by molar-refractivity contribution is 0.0382. The molecule has 2 heterocycles. The van der Waals surface area contributed by atoms with Crippen molar-refractivity contribution in [1.82, 2.24) is 4.90 Å². The Balaban J connectivity index is 1.85. The Labute approximate surface area is 97.1 Å². The van der Waals surface area contributed by atoms with Gasteiger partial charge in [0.2, 0.25) is 0 Å². The van der Waals surface area contributed by atoms with Crippen LogP contribution in [-0.2, 0) is 6.54 Å². The van der Waals surface area contributed by atoms with Gasteiger partial charge in [-0.3, -0.25) is 4.90 Å². The molecule has 1 aliphatic heterocycles. The Morgan fingerprint density at radius 1 is 1.44 bits per heavy atom. The van der Waals surface area contributed by atoms with E-state index in [4.69, 9.17) is 4.42 Å². The van der Waals surface area contributed by atoms with E-state index in [1.807, 2.05) is 12.3 Å². The third-order valence-electron chi connectivity index (χ3n) is 3.99. The molecule has 0 unspecified atom stereocenters. The van der Waals surface area contributed by atoms with Gasteiger partial charge in [-0.1, -0.05) is 6.92 Å². The van der Waals surface area contributed by atoms with Gasteiger partial charge in [-0.2, -0.15) is 0 Å². The van der Waals surface area contributed by atoms with E-state index in [1.165, 1.54) is 5.56 Å². The molecule has 0 amide bonds. The molecule has 1 aromatic heterocycles. The highest BCUT2D eigenvalue weighted by Crippen LogP contribution is 2.34. The Kier molecular flexibility index (Phi) is 3.66. The molecule has 0 aromatic carbocycles. The number of likely N-dealkylation sites (tertiary alicyclic amines) is 1. The summed E-state index contributed by atoms with van der Waals surface area (Å²) in [7, 11) is 0. The summed E-state index contributed by atoms with van der Waals surface area (Å²) in [5.41, 5.74) is 1.43. The van der Waals surface area contributed by atoms with Crippen molar-refractivity contribution in [1.29, 1.82) is 0 Å². The van der Waals surface area contributed by atoms with Crippen molar-refractivity contribution in [3.8, 4) is 0 Å². The molecule has 0 radical (unpaired) electrons. The molecule has 90 valence electrons. The maximum absolute atomic E-state index is 9.45. The molecule has 3 nitrogen and oxygen atoms in total. The van der Waals surface area contributed by atoms with E-state index in [0.29, 0.717) is 6.61 Å². The minimum Gasteiger partial charge on any atom is -0.472 e. The summed E-state index contributed by atoms with van der Waals surface area (Å²) in [5, 5.41) is 9.45. The highest BCUT2D eigenvalue weighted by atomic mass is 16.3. The third kappa shape index (κ3) is 2.47. The zero-order valence-electron chi connectivity index (χ0n) is 9.98. The quantitative estimate of drug-likeness (QED) is 0.850. The minimum absolute atomic E-state index is 0.187. The first-order valence-corrected chi connectivity index (χ1v) is 6.12. The van der Waals surface area contributed by atoms with E-state index in [0.717, 1.165) is 38.9 Å². The van der Waals surface area contributed by atoms with E-state index < -0.39 is 0 Å². The Hall–Kier alpha value is -0.800. The molecule has 0 spiro atoms. The molecule has 0 bridgehead atoms. The highest BCUT2D eigenvalue weighted by Gasteiger charge is 2.32. The van der Waals surface area contributed by atoms with Gasteiger partial charge in [0.1, 0.15) is 0 Å². The number of rotatable bonds is 4. The lowest BCUT2D eigenvalue weighted by Gasteiger charge is -2.40. The van der Waals surface area contributed by atoms with Gasteiger partial charge in [-0.05, 0) is 43.8 Å². The average Bonchev–Trinajstić information content (AvgIpc) is 2.83. The number of aliphatic hydroxyl groups excluding tert-OH is 1. The molecule has 1 fully saturated rings. The minimum atomic E-state index is 0.187. The number of hydrogen-bond donors (Lipinski definition) is 1. The van der Waals surface area contributed by atoms with Gasteiger partial charge in [-0.15, -0.1) is 0 Å². The number of furan rings is 1. The molecule has 0 aliphatic carbocycles. The highest BCUT2D eigenvalue weighted by molar-refractivity contribution is 5.05. The van der Waals surface area contributed by atoms with Gasteiger partial charge in [0.05, 0.1) is 12.5 Å². The second kappa shape index (κ2) is 5.02. The van der Waals surface area contributed by atoms with Crippen molar-refractivity contribution in [2.45, 2.75) is 32.7 Å². The second-order valence-corrected chi connectivity index (χ2v) is 4.92. The smallest absolute Gasteiger partial charge is 0.0947 e. The molecule has 1 saturated heterocycles. The van der Waals surface area contributed by atoms with Crippen molar-refractivity contribution in [2.75, 3.05) is 19.7 Å². The summed E-state index contributed by atoms with van der Waals surface area (Å²) < 4.78 is 5.07. The van der Waals surface area contributed by atoms with Crippen LogP contribution in [0.1, 0.15) is 31.7 Å². The van der Waals surface area contributed by atoms with Gasteiger partial charge < -0.3 is 9.52 Å². The SMILES string of the molecule is CCC1(CO)CCN(Cc2ccoc2)CC1. The molecule has 1 aliphatic rings. The number of hydrogen-bond acceptors (Lipinski definition) is 3. The summed E-state index contributed by atoms with van der Waals surface area (Å²) >= 11 is 0. The van der Waals surface area contributed by atoms with Crippen LogP contribution in [0.15, 0.2) is 23.0 Å². The number of piperidine rings is 1. The molecule has 2 rings (SSSR count). The normalized spacial score (nSPS) is 21.1. The summed E-state index contributed by atoms with van der Waals surface area (Å²) in [6.45, 7) is 5.66. The number of aliphatic hydroxyl groups is 1. The standard InChI is InChI=1S/C13H21NO2/c1-2-13(11-15)4-6-14(7-5-13)9-12-3-8-16-10-12/h3,8,10,15H,2,4-7,9,11H2,1H3. The van der Waals surface area contributed by atoms with Crippen molar-refractivity contribution in [3.05, 3.63) is 24.2 Å². The molecule has 16 heavy (non-hydrogen) atoms. The van der Waals surface area contributed by atoms with Crippen LogP contribution in [0, 0.1) is 5.41 Å². The fourth-order valence-electron chi connectivity index (χ4n) is 2.45. The maximum atomic E-state index is 9.45. The predicted molar refractivity (Wildman–Crippen MR) is 63.0 cm³/mol. The van der Waals surface area contributed by atoms with Crippen LogP contribution < -0.4 is 0 Å². The summed E-state index contributed by atoms with van der Waals surface area (Å²) in [6, 6.07) is 2.02. The maximum Gasteiger partial charge on any atom is 0.0947 e. The van der Waals surface area contributed by atoms with Gasteiger partial charge in [0, 0.05) is 18.7 Å². The van der Waals surface area contributed by atoms with Crippen molar-refractivity contribution in [2.24, 2.45) is 5.41 Å². The van der Waals surface area contributed by atoms with E-state index in [2.05, 4.69) is 11.8 Å². The Bertz CT molecular complexity index is 294. The van der Waals surface area contributed by atoms with Gasteiger partial charge in [-0.25, -0.2) is 0 Å². The third-order valence-corrected chi connectivity index (χ3v) is 3.99. The lowest BCUT2D eigenvalue weighted by atomic mass is 9.77. The van der Waals surface area contributed by atoms with Crippen LogP contribution in [0.2, 0.25) is 0 Å². The molecular formula is C13H21NO2. The molecule has 0 atom stereocenters. The Morgan fingerprint density at radius 2 is 2.19 bits per heavy atom. The summed E-state index contributed by atoms with van der Waals surface area (Å²) in [4.78, 5) is 2.44. The first-order valence-electron chi connectivity index (χ1n) is 6.12. The Morgan fingerprint density at radius 3 is 2.69 bits per heavy atom. The van der Waals surface area contributed by atoms with E-state index in [9.17, 15) is 5.11 Å². The van der Waals surface area contributed by atoms with Crippen LogP contribution >= 0.6 is 0 Å². The first-order chi connectivity index (χ1) is 7.78. The van der Waals surface area contributed by atoms with Gasteiger partial charge in [0.25, 0.3) is 0 Å². The zero-order chi connectivity index (χ0) is 11.4.